The number of hydrogen-bond donors (Lipinski definition) is 1. The molecule has 0 aliphatic heterocycles. The molecule has 0 amide bonds. The smallest absolute Gasteiger partial charge is 0.255 e. The third-order valence-corrected chi connectivity index (χ3v) is 2.40. The van der Waals surface area contributed by atoms with Crippen LogP contribution in [0, 0.1) is 0 Å². The van der Waals surface area contributed by atoms with Crippen molar-refractivity contribution in [2.45, 2.75) is 38.8 Å². The number of nitrogens with zero attached hydrogens (tertiary/aromatic N) is 2. The lowest BCUT2D eigenvalue weighted by Gasteiger charge is -2.19. The Morgan fingerprint density at radius 2 is 2.24 bits per heavy atom. The van der Waals surface area contributed by atoms with Gasteiger partial charge in [-0.3, -0.25) is 0 Å². The average molecular weight is 243 g/mol. The molecule has 0 radical (unpaired) electrons. The molecule has 0 bridgehead atoms. The van der Waals surface area contributed by atoms with E-state index in [-0.39, 0.29) is 6.10 Å². The maximum atomic E-state index is 6.08. The minimum Gasteiger partial charge on any atom is -0.379 e. The summed E-state index contributed by atoms with van der Waals surface area (Å²) in [5.74, 6) is 0.863. The summed E-state index contributed by atoms with van der Waals surface area (Å²) in [6, 6.07) is 0. The normalized spacial score (nSPS) is 16.8. The van der Waals surface area contributed by atoms with Crippen LogP contribution in [0.25, 0.3) is 0 Å². The maximum absolute atomic E-state index is 6.08. The van der Waals surface area contributed by atoms with Gasteiger partial charge in [0.05, 0.1) is 6.61 Å². The minimum absolute atomic E-state index is 0.233. The first-order valence-electron chi connectivity index (χ1n) is 5.74. The number of nitrogens with two attached hydrogens (primary N) is 1. The Morgan fingerprint density at radius 1 is 1.53 bits per heavy atom. The fourth-order valence-corrected chi connectivity index (χ4v) is 1.23. The molecule has 0 aliphatic carbocycles. The highest BCUT2D eigenvalue weighted by molar-refractivity contribution is 5.02. The van der Waals surface area contributed by atoms with Gasteiger partial charge in [-0.25, -0.2) is 0 Å². The highest BCUT2D eigenvalue weighted by atomic mass is 16.5. The molecule has 1 aromatic rings. The Balaban J connectivity index is 2.67. The van der Waals surface area contributed by atoms with Crippen LogP contribution in [0.5, 0.6) is 0 Å². The summed E-state index contributed by atoms with van der Waals surface area (Å²) in [7, 11) is 1.58. The summed E-state index contributed by atoms with van der Waals surface area (Å²) >= 11 is 0. The van der Waals surface area contributed by atoms with E-state index >= 15 is 0 Å². The van der Waals surface area contributed by atoms with Gasteiger partial charge in [-0.2, -0.15) is 4.98 Å². The third-order valence-electron chi connectivity index (χ3n) is 2.40. The van der Waals surface area contributed by atoms with E-state index < -0.39 is 5.54 Å². The number of hydrogen-bond acceptors (Lipinski definition) is 6. The molecule has 0 aromatic carbocycles. The topological polar surface area (TPSA) is 83.4 Å². The van der Waals surface area contributed by atoms with Gasteiger partial charge >= 0.3 is 0 Å². The van der Waals surface area contributed by atoms with Gasteiger partial charge in [0.2, 0.25) is 0 Å². The van der Waals surface area contributed by atoms with Crippen LogP contribution in [-0.2, 0) is 15.0 Å². The summed E-state index contributed by atoms with van der Waals surface area (Å²) in [6.07, 6.45) is 0.720. The fourth-order valence-electron chi connectivity index (χ4n) is 1.23. The molecule has 98 valence electrons. The molecule has 17 heavy (non-hydrogen) atoms. The zero-order valence-electron chi connectivity index (χ0n) is 10.9. The van der Waals surface area contributed by atoms with Crippen LogP contribution in [-0.4, -0.2) is 30.5 Å². The highest BCUT2D eigenvalue weighted by Crippen LogP contribution is 2.19. The van der Waals surface area contributed by atoms with E-state index in [2.05, 4.69) is 10.1 Å². The second kappa shape index (κ2) is 6.09. The number of rotatable bonds is 7. The molecule has 1 aromatic heterocycles. The van der Waals surface area contributed by atoms with Crippen molar-refractivity contribution in [2.75, 3.05) is 20.3 Å². The van der Waals surface area contributed by atoms with E-state index in [1.54, 1.807) is 7.11 Å². The third kappa shape index (κ3) is 3.76. The van der Waals surface area contributed by atoms with Crippen molar-refractivity contribution in [3.05, 3.63) is 11.7 Å². The lowest BCUT2D eigenvalue weighted by Crippen LogP contribution is -2.39. The first-order valence-corrected chi connectivity index (χ1v) is 5.74. The molecular weight excluding hydrogens is 222 g/mol. The second-order valence-corrected chi connectivity index (χ2v) is 4.30. The Kier molecular flexibility index (Phi) is 5.04. The zero-order valence-corrected chi connectivity index (χ0v) is 10.9. The molecule has 0 saturated heterocycles. The van der Waals surface area contributed by atoms with Gasteiger partial charge in [-0.15, -0.1) is 0 Å². The first-order chi connectivity index (χ1) is 8.01. The average Bonchev–Trinajstić information content (AvgIpc) is 2.78. The highest BCUT2D eigenvalue weighted by Gasteiger charge is 2.28. The monoisotopic (exact) mass is 243 g/mol. The van der Waals surface area contributed by atoms with Crippen molar-refractivity contribution >= 4 is 0 Å². The van der Waals surface area contributed by atoms with E-state index in [0.717, 1.165) is 6.42 Å². The molecule has 1 rings (SSSR count). The molecule has 2 atom stereocenters. The Hall–Kier alpha value is -0.980. The van der Waals surface area contributed by atoms with Gasteiger partial charge in [0.1, 0.15) is 11.6 Å². The van der Waals surface area contributed by atoms with Crippen molar-refractivity contribution in [1.29, 1.82) is 0 Å². The van der Waals surface area contributed by atoms with Crippen molar-refractivity contribution in [1.82, 2.24) is 10.1 Å². The number of methoxy groups -OCH3 is 1. The second-order valence-electron chi connectivity index (χ2n) is 4.30. The van der Waals surface area contributed by atoms with Gasteiger partial charge in [0, 0.05) is 13.7 Å². The predicted octanol–water partition coefficient (Wildman–Crippen LogP) is 1.38. The quantitative estimate of drug-likeness (QED) is 0.728. The summed E-state index contributed by atoms with van der Waals surface area (Å²) in [5.41, 5.74) is 5.34. The van der Waals surface area contributed by atoms with Crippen LogP contribution in [0.15, 0.2) is 4.52 Å². The van der Waals surface area contributed by atoms with Crippen LogP contribution >= 0.6 is 0 Å². The molecule has 2 N–H and O–H groups in total. The van der Waals surface area contributed by atoms with E-state index in [0.29, 0.717) is 24.9 Å². The summed E-state index contributed by atoms with van der Waals surface area (Å²) < 4.78 is 15.6. The molecule has 0 saturated carbocycles. The molecule has 0 fully saturated rings. The van der Waals surface area contributed by atoms with Crippen molar-refractivity contribution in [2.24, 2.45) is 5.73 Å². The first kappa shape index (κ1) is 14.1. The van der Waals surface area contributed by atoms with Gasteiger partial charge in [-0.1, -0.05) is 12.1 Å². The molecule has 2 unspecified atom stereocenters. The summed E-state index contributed by atoms with van der Waals surface area (Å²) in [4.78, 5) is 4.22. The van der Waals surface area contributed by atoms with Crippen molar-refractivity contribution in [3.63, 3.8) is 0 Å². The molecule has 6 heteroatoms. The Morgan fingerprint density at radius 3 is 2.82 bits per heavy atom. The zero-order chi connectivity index (χ0) is 12.9. The van der Waals surface area contributed by atoms with Gasteiger partial charge in [0.25, 0.3) is 5.89 Å². The van der Waals surface area contributed by atoms with Crippen molar-refractivity contribution in [3.8, 4) is 0 Å². The maximum Gasteiger partial charge on any atom is 0.255 e. The van der Waals surface area contributed by atoms with Crippen molar-refractivity contribution < 1.29 is 14.0 Å². The van der Waals surface area contributed by atoms with Crippen LogP contribution in [0.1, 0.15) is 45.0 Å². The standard InChI is InChI=1S/C11H21N3O3/c1-5-6-16-7-11(3,12)10-13-9(17-14-10)8(2)15-4/h8H,5-7,12H2,1-4H3. The summed E-state index contributed by atoms with van der Waals surface area (Å²) in [6.45, 7) is 6.72. The van der Waals surface area contributed by atoms with Crippen LogP contribution in [0.3, 0.4) is 0 Å². The van der Waals surface area contributed by atoms with Crippen LogP contribution in [0.2, 0.25) is 0 Å². The van der Waals surface area contributed by atoms with E-state index in [1.165, 1.54) is 0 Å². The van der Waals surface area contributed by atoms with Gasteiger partial charge in [0.15, 0.2) is 5.82 Å². The van der Waals surface area contributed by atoms with Crippen LogP contribution in [0.4, 0.5) is 0 Å². The number of ether oxygens (including phenoxy) is 2. The van der Waals surface area contributed by atoms with E-state index in [9.17, 15) is 0 Å². The lowest BCUT2D eigenvalue weighted by atomic mass is 10.1. The van der Waals surface area contributed by atoms with E-state index in [4.69, 9.17) is 19.7 Å². The molecule has 6 nitrogen and oxygen atoms in total. The number of aromatic nitrogens is 2. The van der Waals surface area contributed by atoms with Gasteiger partial charge < -0.3 is 19.7 Å². The summed E-state index contributed by atoms with van der Waals surface area (Å²) in [5, 5.41) is 3.86. The van der Waals surface area contributed by atoms with Crippen LogP contribution < -0.4 is 5.73 Å². The Labute approximate surface area is 101 Å². The lowest BCUT2D eigenvalue weighted by molar-refractivity contribution is 0.0858. The molecule has 1 heterocycles. The SMILES string of the molecule is CCCOCC(C)(N)c1noc(C(C)OC)n1. The molecule has 0 aliphatic rings. The minimum atomic E-state index is -0.746. The van der Waals surface area contributed by atoms with E-state index in [1.807, 2.05) is 20.8 Å². The molecular formula is C11H21N3O3. The fraction of sp³-hybridized carbons (Fsp3) is 0.818. The molecule has 0 spiro atoms. The van der Waals surface area contributed by atoms with Gasteiger partial charge in [-0.05, 0) is 20.3 Å². The predicted molar refractivity (Wildman–Crippen MR) is 62.4 cm³/mol. The largest absolute Gasteiger partial charge is 0.379 e. The Bertz CT molecular complexity index is 338.